The Morgan fingerprint density at radius 1 is 1.15 bits per heavy atom. The molecule has 2 aromatic carbocycles. The molecule has 1 atom stereocenters. The van der Waals surface area contributed by atoms with Gasteiger partial charge in [-0.05, 0) is 49.1 Å². The van der Waals surface area contributed by atoms with E-state index in [1.165, 1.54) is 11.3 Å². The van der Waals surface area contributed by atoms with Gasteiger partial charge in [-0.2, -0.15) is 0 Å². The molecule has 3 heteroatoms. The molecular weight excluding hydrogens is 289 g/mol. The number of nitrogens with zero attached hydrogens (tertiary/aromatic N) is 1. The molecule has 1 nitrogen and oxygen atoms in total. The smallest absolute Gasteiger partial charge is 0.0646 e. The first-order chi connectivity index (χ1) is 9.70. The number of benzene rings is 2. The minimum absolute atomic E-state index is 0.448. The summed E-state index contributed by atoms with van der Waals surface area (Å²) >= 11 is 12.3. The van der Waals surface area contributed by atoms with Crippen LogP contribution in [0.25, 0.3) is 0 Å². The fourth-order valence-electron chi connectivity index (χ4n) is 2.88. The topological polar surface area (TPSA) is 3.24 Å². The summed E-state index contributed by atoms with van der Waals surface area (Å²) in [6.07, 6.45) is 2.27. The standard InChI is InChI=1S/C17H17Cl2N/c1-12-6-8-14-4-2-3-5-16(14)20(12)17-9-7-13(11-18)10-15(17)19/h2-5,7,9-10,12H,6,8,11H2,1H3. The van der Waals surface area contributed by atoms with Crippen LogP contribution in [0.4, 0.5) is 11.4 Å². The first kappa shape index (κ1) is 13.8. The van der Waals surface area contributed by atoms with Gasteiger partial charge in [0.05, 0.1) is 10.7 Å². The zero-order valence-corrected chi connectivity index (χ0v) is 13.0. The third-order valence-electron chi connectivity index (χ3n) is 3.95. The fourth-order valence-corrected chi connectivity index (χ4v) is 3.34. The number of aryl methyl sites for hydroxylation is 1. The summed E-state index contributed by atoms with van der Waals surface area (Å²) < 4.78 is 0. The van der Waals surface area contributed by atoms with Gasteiger partial charge in [0, 0.05) is 17.6 Å². The molecule has 0 amide bonds. The molecule has 2 aromatic rings. The van der Waals surface area contributed by atoms with Crippen molar-refractivity contribution in [2.45, 2.75) is 31.7 Å². The predicted molar refractivity (Wildman–Crippen MR) is 87.4 cm³/mol. The first-order valence-electron chi connectivity index (χ1n) is 6.92. The molecule has 0 N–H and O–H groups in total. The number of hydrogen-bond donors (Lipinski definition) is 0. The normalized spacial score (nSPS) is 17.9. The summed E-state index contributed by atoms with van der Waals surface area (Å²) in [7, 11) is 0. The van der Waals surface area contributed by atoms with Gasteiger partial charge in [0.2, 0.25) is 0 Å². The van der Waals surface area contributed by atoms with Crippen LogP contribution in [0.2, 0.25) is 5.02 Å². The number of para-hydroxylation sites is 1. The van der Waals surface area contributed by atoms with Gasteiger partial charge in [-0.25, -0.2) is 0 Å². The van der Waals surface area contributed by atoms with E-state index in [4.69, 9.17) is 23.2 Å². The molecule has 1 aliphatic rings. The van der Waals surface area contributed by atoms with E-state index in [2.05, 4.69) is 48.2 Å². The lowest BCUT2D eigenvalue weighted by atomic mass is 9.96. The third kappa shape index (κ3) is 2.41. The molecule has 0 aromatic heterocycles. The highest BCUT2D eigenvalue weighted by molar-refractivity contribution is 6.33. The van der Waals surface area contributed by atoms with Gasteiger partial charge in [0.1, 0.15) is 0 Å². The van der Waals surface area contributed by atoms with Gasteiger partial charge in [-0.3, -0.25) is 0 Å². The summed E-state index contributed by atoms with van der Waals surface area (Å²) in [6.45, 7) is 2.25. The zero-order chi connectivity index (χ0) is 14.1. The van der Waals surface area contributed by atoms with Gasteiger partial charge in [0.25, 0.3) is 0 Å². The molecule has 0 bridgehead atoms. The van der Waals surface area contributed by atoms with Gasteiger partial charge >= 0.3 is 0 Å². The van der Waals surface area contributed by atoms with E-state index in [9.17, 15) is 0 Å². The van der Waals surface area contributed by atoms with Crippen LogP contribution in [0.1, 0.15) is 24.5 Å². The maximum absolute atomic E-state index is 6.47. The van der Waals surface area contributed by atoms with Crippen LogP contribution < -0.4 is 4.90 Å². The minimum atomic E-state index is 0.448. The SMILES string of the molecule is CC1CCc2ccccc2N1c1ccc(CCl)cc1Cl. The van der Waals surface area contributed by atoms with Crippen LogP contribution in [-0.4, -0.2) is 6.04 Å². The third-order valence-corrected chi connectivity index (χ3v) is 4.56. The highest BCUT2D eigenvalue weighted by Crippen LogP contribution is 2.40. The Balaban J connectivity index is 2.09. The Kier molecular flexibility index (Phi) is 3.91. The highest BCUT2D eigenvalue weighted by atomic mass is 35.5. The van der Waals surface area contributed by atoms with E-state index >= 15 is 0 Å². The van der Waals surface area contributed by atoms with Crippen LogP contribution >= 0.6 is 23.2 Å². The van der Waals surface area contributed by atoms with Crippen molar-refractivity contribution < 1.29 is 0 Å². The summed E-state index contributed by atoms with van der Waals surface area (Å²) in [5.41, 5.74) is 4.79. The lowest BCUT2D eigenvalue weighted by Gasteiger charge is -2.37. The van der Waals surface area contributed by atoms with E-state index in [0.717, 1.165) is 29.1 Å². The van der Waals surface area contributed by atoms with E-state index < -0.39 is 0 Å². The van der Waals surface area contributed by atoms with Crippen LogP contribution in [0.3, 0.4) is 0 Å². The molecule has 1 unspecified atom stereocenters. The van der Waals surface area contributed by atoms with Crippen molar-refractivity contribution in [1.29, 1.82) is 0 Å². The second-order valence-electron chi connectivity index (χ2n) is 5.31. The molecule has 0 spiro atoms. The maximum atomic E-state index is 6.47. The molecule has 0 saturated carbocycles. The number of fused-ring (bicyclic) bond motifs is 1. The highest BCUT2D eigenvalue weighted by Gasteiger charge is 2.25. The quantitative estimate of drug-likeness (QED) is 0.657. The number of rotatable bonds is 2. The Morgan fingerprint density at radius 2 is 1.95 bits per heavy atom. The molecular formula is C17H17Cl2N. The lowest BCUT2D eigenvalue weighted by molar-refractivity contribution is 0.618. The molecule has 20 heavy (non-hydrogen) atoms. The number of hydrogen-bond acceptors (Lipinski definition) is 1. The molecule has 0 fully saturated rings. The summed E-state index contributed by atoms with van der Waals surface area (Å²) in [4.78, 5) is 2.35. The molecule has 3 rings (SSSR count). The second kappa shape index (κ2) is 5.67. The average molecular weight is 306 g/mol. The largest absolute Gasteiger partial charge is 0.337 e. The summed E-state index contributed by atoms with van der Waals surface area (Å²) in [5, 5.41) is 0.770. The van der Waals surface area contributed by atoms with Crippen molar-refractivity contribution >= 4 is 34.6 Å². The van der Waals surface area contributed by atoms with Crippen molar-refractivity contribution in [2.24, 2.45) is 0 Å². The summed E-state index contributed by atoms with van der Waals surface area (Å²) in [6, 6.07) is 15.1. The number of anilines is 2. The van der Waals surface area contributed by atoms with E-state index in [1.807, 2.05) is 6.07 Å². The van der Waals surface area contributed by atoms with Crippen molar-refractivity contribution in [3.8, 4) is 0 Å². The Bertz CT molecular complexity index is 624. The van der Waals surface area contributed by atoms with Gasteiger partial charge in [0.15, 0.2) is 0 Å². The van der Waals surface area contributed by atoms with Gasteiger partial charge in [-0.15, -0.1) is 11.6 Å². The van der Waals surface area contributed by atoms with Crippen LogP contribution in [-0.2, 0) is 12.3 Å². The fraction of sp³-hybridized carbons (Fsp3) is 0.294. The van der Waals surface area contributed by atoms with Crippen molar-refractivity contribution in [3.63, 3.8) is 0 Å². The zero-order valence-electron chi connectivity index (χ0n) is 11.4. The molecule has 0 radical (unpaired) electrons. The minimum Gasteiger partial charge on any atom is -0.337 e. The second-order valence-corrected chi connectivity index (χ2v) is 5.98. The van der Waals surface area contributed by atoms with Gasteiger partial charge < -0.3 is 4.90 Å². The van der Waals surface area contributed by atoms with Crippen molar-refractivity contribution in [2.75, 3.05) is 4.90 Å². The molecule has 104 valence electrons. The molecule has 1 aliphatic heterocycles. The lowest BCUT2D eigenvalue weighted by Crippen LogP contribution is -2.33. The maximum Gasteiger partial charge on any atom is 0.0646 e. The Hall–Kier alpha value is -1.18. The van der Waals surface area contributed by atoms with Crippen molar-refractivity contribution in [1.82, 2.24) is 0 Å². The van der Waals surface area contributed by atoms with E-state index in [1.54, 1.807) is 0 Å². The van der Waals surface area contributed by atoms with E-state index in [0.29, 0.717) is 11.9 Å². The Morgan fingerprint density at radius 3 is 2.70 bits per heavy atom. The molecule has 0 aliphatic carbocycles. The van der Waals surface area contributed by atoms with E-state index in [-0.39, 0.29) is 0 Å². The number of alkyl halides is 1. The average Bonchev–Trinajstić information content (AvgIpc) is 2.48. The van der Waals surface area contributed by atoms with Gasteiger partial charge in [-0.1, -0.05) is 35.9 Å². The van der Waals surface area contributed by atoms with Crippen LogP contribution in [0.5, 0.6) is 0 Å². The monoisotopic (exact) mass is 305 g/mol. The first-order valence-corrected chi connectivity index (χ1v) is 7.83. The summed E-state index contributed by atoms with van der Waals surface area (Å²) in [5.74, 6) is 0.492. The van der Waals surface area contributed by atoms with Crippen LogP contribution in [0.15, 0.2) is 42.5 Å². The molecule has 0 saturated heterocycles. The Labute approximate surface area is 130 Å². The van der Waals surface area contributed by atoms with Crippen molar-refractivity contribution in [3.05, 3.63) is 58.6 Å². The molecule has 1 heterocycles. The number of halogens is 2. The van der Waals surface area contributed by atoms with Crippen LogP contribution in [0, 0.1) is 0 Å². The predicted octanol–water partition coefficient (Wildman–Crippen LogP) is 5.55.